The summed E-state index contributed by atoms with van der Waals surface area (Å²) in [4.78, 5) is 0. The fourth-order valence-electron chi connectivity index (χ4n) is 8.09. The molecule has 2 fully saturated rings. The third-order valence-corrected chi connectivity index (χ3v) is 10.1. The molecule has 4 rings (SSSR count). The van der Waals surface area contributed by atoms with E-state index in [1.54, 1.807) is 12.1 Å². The minimum atomic E-state index is -4.39. The molecule has 212 valence electrons. The van der Waals surface area contributed by atoms with Crippen LogP contribution in [0.2, 0.25) is 0 Å². The standard InChI is InChI=1S/C28H38F3NO5S/c1-3-28-14-13-17-15-19(32-38(35,36)37)9-10-20(17)24(28)18(16-27(2)22(28)11-12-23(27)34)7-5-4-6-8-21(33)25(29)26(30)31/h3,9-10,15,18,21-24,32-34H,1,4-8,11-14,16H2,2H3,(H,35,36,37)/t18-,21-,22?,23-,24?,27-,28?/m0/s1. The van der Waals surface area contributed by atoms with E-state index in [0.717, 1.165) is 56.1 Å². The summed E-state index contributed by atoms with van der Waals surface area (Å²) < 4.78 is 72.1. The summed E-state index contributed by atoms with van der Waals surface area (Å²) in [5.74, 6) is -1.21. The fraction of sp³-hybridized carbons (Fsp3) is 0.643. The highest BCUT2D eigenvalue weighted by atomic mass is 32.2. The Kier molecular flexibility index (Phi) is 8.38. The molecule has 3 aliphatic rings. The van der Waals surface area contributed by atoms with Crippen LogP contribution >= 0.6 is 0 Å². The Morgan fingerprint density at radius 3 is 2.63 bits per heavy atom. The summed E-state index contributed by atoms with van der Waals surface area (Å²) in [6.07, 6.45) is 3.97. The Hall–Kier alpha value is -1.88. The quantitative estimate of drug-likeness (QED) is 0.154. The highest BCUT2D eigenvalue weighted by molar-refractivity contribution is 7.87. The van der Waals surface area contributed by atoms with Crippen LogP contribution in [0, 0.1) is 22.7 Å². The van der Waals surface area contributed by atoms with Gasteiger partial charge in [-0.2, -0.15) is 17.2 Å². The van der Waals surface area contributed by atoms with Crippen LogP contribution in [0.4, 0.5) is 18.9 Å². The third kappa shape index (κ3) is 5.42. The first-order valence-corrected chi connectivity index (χ1v) is 14.8. The number of allylic oxidation sites excluding steroid dienone is 1. The Bertz CT molecular complexity index is 1190. The van der Waals surface area contributed by atoms with E-state index in [9.17, 15) is 36.4 Å². The maximum absolute atomic E-state index is 13.2. The van der Waals surface area contributed by atoms with Crippen molar-refractivity contribution in [2.24, 2.45) is 22.7 Å². The second kappa shape index (κ2) is 10.9. The molecule has 1 aromatic carbocycles. The molecule has 7 atom stereocenters. The van der Waals surface area contributed by atoms with Crippen LogP contribution in [0.25, 0.3) is 0 Å². The van der Waals surface area contributed by atoms with Gasteiger partial charge in [0.25, 0.3) is 0 Å². The first-order chi connectivity index (χ1) is 17.8. The van der Waals surface area contributed by atoms with Crippen molar-refractivity contribution in [2.45, 2.75) is 89.3 Å². The smallest absolute Gasteiger partial charge is 0.357 e. The van der Waals surface area contributed by atoms with Gasteiger partial charge in [-0.05, 0) is 96.8 Å². The summed E-state index contributed by atoms with van der Waals surface area (Å²) in [5.41, 5.74) is 1.96. The number of fused-ring (bicyclic) bond motifs is 5. The Labute approximate surface area is 222 Å². The molecule has 0 saturated heterocycles. The molecule has 0 spiro atoms. The Morgan fingerprint density at radius 1 is 1.24 bits per heavy atom. The van der Waals surface area contributed by atoms with Crippen molar-refractivity contribution in [3.8, 4) is 0 Å². The van der Waals surface area contributed by atoms with E-state index in [0.29, 0.717) is 18.5 Å². The zero-order valence-corrected chi connectivity index (χ0v) is 22.5. The maximum atomic E-state index is 13.2. The predicted octanol–water partition coefficient (Wildman–Crippen LogP) is 6.29. The van der Waals surface area contributed by atoms with Gasteiger partial charge >= 0.3 is 16.4 Å². The Balaban J connectivity index is 1.59. The van der Waals surface area contributed by atoms with Gasteiger partial charge in [-0.25, -0.2) is 4.39 Å². The molecule has 0 bridgehead atoms. The first-order valence-electron chi connectivity index (χ1n) is 13.4. The lowest BCUT2D eigenvalue weighted by atomic mass is 9.44. The lowest BCUT2D eigenvalue weighted by Crippen LogP contribution is -2.54. The third-order valence-electron chi connectivity index (χ3n) is 9.65. The number of benzene rings is 1. The van der Waals surface area contributed by atoms with Crippen LogP contribution in [0.15, 0.2) is 42.8 Å². The minimum absolute atomic E-state index is 0.0707. The van der Waals surface area contributed by atoms with E-state index in [-0.39, 0.29) is 35.0 Å². The molecule has 4 N–H and O–H groups in total. The largest absolute Gasteiger partial charge is 0.393 e. The molecular formula is C28H38F3NO5S. The monoisotopic (exact) mass is 557 g/mol. The van der Waals surface area contributed by atoms with Gasteiger partial charge in [-0.3, -0.25) is 9.27 Å². The van der Waals surface area contributed by atoms with Crippen molar-refractivity contribution < 1.29 is 36.4 Å². The molecule has 38 heavy (non-hydrogen) atoms. The van der Waals surface area contributed by atoms with Gasteiger partial charge < -0.3 is 10.2 Å². The van der Waals surface area contributed by atoms with Crippen LogP contribution in [0.3, 0.4) is 0 Å². The lowest BCUT2D eigenvalue weighted by molar-refractivity contribution is -0.0812. The summed E-state index contributed by atoms with van der Waals surface area (Å²) in [6.45, 7) is 6.45. The van der Waals surface area contributed by atoms with Gasteiger partial charge in [0.05, 0.1) is 11.8 Å². The summed E-state index contributed by atoms with van der Waals surface area (Å²) in [7, 11) is -4.39. The van der Waals surface area contributed by atoms with Crippen LogP contribution in [0.5, 0.6) is 0 Å². The van der Waals surface area contributed by atoms with E-state index in [1.807, 2.05) is 6.07 Å². The van der Waals surface area contributed by atoms with Crippen LogP contribution in [0.1, 0.15) is 81.8 Å². The minimum Gasteiger partial charge on any atom is -0.393 e. The predicted molar refractivity (Wildman–Crippen MR) is 140 cm³/mol. The zero-order valence-electron chi connectivity index (χ0n) is 21.7. The highest BCUT2D eigenvalue weighted by Gasteiger charge is 2.63. The van der Waals surface area contributed by atoms with Gasteiger partial charge in [-0.1, -0.05) is 38.3 Å². The van der Waals surface area contributed by atoms with E-state index < -0.39 is 34.4 Å². The van der Waals surface area contributed by atoms with Gasteiger partial charge in [0.2, 0.25) is 0 Å². The van der Waals surface area contributed by atoms with E-state index in [1.165, 1.54) is 0 Å². The van der Waals surface area contributed by atoms with Crippen LogP contribution in [-0.4, -0.2) is 35.4 Å². The van der Waals surface area contributed by atoms with Crippen LogP contribution in [-0.2, 0) is 16.7 Å². The number of aryl methyl sites for hydroxylation is 1. The molecule has 3 unspecified atom stereocenters. The van der Waals surface area contributed by atoms with E-state index >= 15 is 0 Å². The van der Waals surface area contributed by atoms with Crippen molar-refractivity contribution in [2.75, 3.05) is 4.72 Å². The second-order valence-corrected chi connectivity index (χ2v) is 12.8. The molecule has 0 aromatic heterocycles. The SMILES string of the molecule is C=CC12CCc3cc(NS(=O)(=O)O)ccc3C1[C@@H](CCCCC[C@H](O)C(F)=C(F)F)C[C@@]1(C)C2CC[C@@H]1O. The number of aliphatic hydroxyl groups excluding tert-OH is 2. The number of nitrogens with one attached hydrogen (secondary N) is 1. The van der Waals surface area contributed by atoms with Crippen molar-refractivity contribution in [3.63, 3.8) is 0 Å². The van der Waals surface area contributed by atoms with Crippen molar-refractivity contribution >= 4 is 16.0 Å². The molecule has 0 aliphatic heterocycles. The summed E-state index contributed by atoms with van der Waals surface area (Å²) in [5, 5.41) is 20.7. The van der Waals surface area contributed by atoms with Gasteiger partial charge in [0.15, 0.2) is 5.83 Å². The Morgan fingerprint density at radius 2 is 1.97 bits per heavy atom. The number of unbranched alkanes of at least 4 members (excludes halogenated alkanes) is 2. The first kappa shape index (κ1) is 29.1. The molecule has 0 radical (unpaired) electrons. The highest BCUT2D eigenvalue weighted by Crippen LogP contribution is 2.69. The molecule has 6 nitrogen and oxygen atoms in total. The molecule has 0 amide bonds. The van der Waals surface area contributed by atoms with Gasteiger partial charge in [-0.15, -0.1) is 6.58 Å². The van der Waals surface area contributed by atoms with Crippen molar-refractivity contribution in [3.05, 3.63) is 53.9 Å². The molecule has 2 saturated carbocycles. The number of aliphatic hydroxyl groups is 2. The summed E-state index contributed by atoms with van der Waals surface area (Å²) in [6, 6.07) is 5.37. The zero-order chi connectivity index (χ0) is 27.9. The average Bonchev–Trinajstić information content (AvgIpc) is 3.15. The number of anilines is 1. The molecule has 1 aromatic rings. The van der Waals surface area contributed by atoms with E-state index in [2.05, 4.69) is 24.3 Å². The van der Waals surface area contributed by atoms with Crippen LogP contribution < -0.4 is 4.72 Å². The average molecular weight is 558 g/mol. The molecule has 3 aliphatic carbocycles. The maximum Gasteiger partial charge on any atom is 0.357 e. The summed E-state index contributed by atoms with van der Waals surface area (Å²) >= 11 is 0. The fourth-order valence-corrected chi connectivity index (χ4v) is 8.52. The number of rotatable bonds is 10. The normalized spacial score (nSPS) is 33.0. The van der Waals surface area contributed by atoms with Gasteiger partial charge in [0, 0.05) is 0 Å². The number of halogens is 3. The molecule has 10 heteroatoms. The van der Waals surface area contributed by atoms with E-state index in [4.69, 9.17) is 0 Å². The number of hydrogen-bond acceptors (Lipinski definition) is 4. The van der Waals surface area contributed by atoms with Gasteiger partial charge in [0.1, 0.15) is 6.10 Å². The molecular weight excluding hydrogens is 519 g/mol. The topological polar surface area (TPSA) is 107 Å². The van der Waals surface area contributed by atoms with Crippen molar-refractivity contribution in [1.29, 1.82) is 0 Å². The lowest BCUT2D eigenvalue weighted by Gasteiger charge is -2.60. The van der Waals surface area contributed by atoms with Crippen molar-refractivity contribution in [1.82, 2.24) is 0 Å². The second-order valence-electron chi connectivity index (χ2n) is 11.7. The molecule has 0 heterocycles. The number of hydrogen-bond donors (Lipinski definition) is 4.